The van der Waals surface area contributed by atoms with Crippen LogP contribution in [0.3, 0.4) is 0 Å². The number of amides is 3. The Morgan fingerprint density at radius 2 is 1.86 bits per heavy atom. The first-order valence-corrected chi connectivity index (χ1v) is 7.89. The van der Waals surface area contributed by atoms with Crippen LogP contribution in [0, 0.1) is 5.92 Å². The number of nitrogens with zero attached hydrogens (tertiary/aromatic N) is 3. The molecule has 2 aliphatic heterocycles. The molecule has 3 rings (SSSR count). The third-order valence-corrected chi connectivity index (χ3v) is 4.52. The van der Waals surface area contributed by atoms with Crippen LogP contribution in [0.25, 0.3) is 0 Å². The van der Waals surface area contributed by atoms with E-state index in [0.717, 1.165) is 6.54 Å². The standard InChI is InChI=1S/C15H23N3O4/c1-16(2)14(20)11-5-6-12(22-11)15(21)18-8-13(19)17(9-18)7-10-3-4-10/h10-12H,3-9H2,1-2H3/t11-,12+/m1/s1. The van der Waals surface area contributed by atoms with Crippen LogP contribution in [0.4, 0.5) is 0 Å². The highest BCUT2D eigenvalue weighted by Crippen LogP contribution is 2.31. The van der Waals surface area contributed by atoms with E-state index in [0.29, 0.717) is 25.4 Å². The molecule has 0 N–H and O–H groups in total. The molecule has 0 spiro atoms. The number of carbonyl (C=O) groups excluding carboxylic acids is 3. The van der Waals surface area contributed by atoms with E-state index in [1.807, 2.05) is 0 Å². The van der Waals surface area contributed by atoms with E-state index in [1.54, 1.807) is 23.9 Å². The molecular formula is C15H23N3O4. The van der Waals surface area contributed by atoms with Crippen molar-refractivity contribution in [2.75, 3.05) is 33.9 Å². The molecule has 1 saturated carbocycles. The lowest BCUT2D eigenvalue weighted by atomic mass is 10.1. The summed E-state index contributed by atoms with van der Waals surface area (Å²) in [5.41, 5.74) is 0. The second-order valence-corrected chi connectivity index (χ2v) is 6.66. The Kier molecular flexibility index (Phi) is 4.08. The molecular weight excluding hydrogens is 286 g/mol. The topological polar surface area (TPSA) is 70.2 Å². The minimum absolute atomic E-state index is 0.0131. The van der Waals surface area contributed by atoms with Crippen molar-refractivity contribution in [1.82, 2.24) is 14.7 Å². The van der Waals surface area contributed by atoms with Gasteiger partial charge in [-0.05, 0) is 31.6 Å². The molecule has 0 aromatic heterocycles. The van der Waals surface area contributed by atoms with Crippen LogP contribution in [0.15, 0.2) is 0 Å². The second kappa shape index (κ2) is 5.87. The van der Waals surface area contributed by atoms with E-state index >= 15 is 0 Å². The van der Waals surface area contributed by atoms with Crippen molar-refractivity contribution in [1.29, 1.82) is 0 Å². The minimum atomic E-state index is -0.595. The van der Waals surface area contributed by atoms with Crippen molar-refractivity contribution in [3.05, 3.63) is 0 Å². The molecule has 3 amide bonds. The molecule has 0 aromatic rings. The van der Waals surface area contributed by atoms with Crippen molar-refractivity contribution in [3.63, 3.8) is 0 Å². The lowest BCUT2D eigenvalue weighted by molar-refractivity contribution is -0.149. The van der Waals surface area contributed by atoms with Crippen molar-refractivity contribution >= 4 is 17.7 Å². The van der Waals surface area contributed by atoms with Gasteiger partial charge in [-0.15, -0.1) is 0 Å². The fourth-order valence-corrected chi connectivity index (χ4v) is 3.01. The molecule has 2 heterocycles. The van der Waals surface area contributed by atoms with Gasteiger partial charge in [0.25, 0.3) is 11.8 Å². The highest BCUT2D eigenvalue weighted by Gasteiger charge is 2.41. The minimum Gasteiger partial charge on any atom is -0.355 e. The van der Waals surface area contributed by atoms with E-state index in [9.17, 15) is 14.4 Å². The molecule has 7 nitrogen and oxygen atoms in total. The molecule has 22 heavy (non-hydrogen) atoms. The van der Waals surface area contributed by atoms with Crippen molar-refractivity contribution in [2.45, 2.75) is 37.9 Å². The van der Waals surface area contributed by atoms with Gasteiger partial charge in [0, 0.05) is 20.6 Å². The van der Waals surface area contributed by atoms with Gasteiger partial charge in [0.1, 0.15) is 18.8 Å². The fourth-order valence-electron chi connectivity index (χ4n) is 3.01. The second-order valence-electron chi connectivity index (χ2n) is 6.66. The number of rotatable bonds is 4. The van der Waals surface area contributed by atoms with Crippen LogP contribution in [0.5, 0.6) is 0 Å². The highest BCUT2D eigenvalue weighted by atomic mass is 16.5. The van der Waals surface area contributed by atoms with E-state index in [-0.39, 0.29) is 24.3 Å². The van der Waals surface area contributed by atoms with Gasteiger partial charge in [-0.3, -0.25) is 14.4 Å². The molecule has 1 aliphatic carbocycles. The first-order chi connectivity index (χ1) is 10.5. The maximum absolute atomic E-state index is 12.5. The van der Waals surface area contributed by atoms with Gasteiger partial charge in [-0.25, -0.2) is 0 Å². The Bertz CT molecular complexity index is 489. The van der Waals surface area contributed by atoms with E-state index < -0.39 is 12.2 Å². The summed E-state index contributed by atoms with van der Waals surface area (Å²) in [6, 6.07) is 0. The summed E-state index contributed by atoms with van der Waals surface area (Å²) in [5, 5.41) is 0. The van der Waals surface area contributed by atoms with Crippen LogP contribution < -0.4 is 0 Å². The predicted octanol–water partition coefficient (Wildman–Crippen LogP) is -0.339. The fraction of sp³-hybridized carbons (Fsp3) is 0.800. The Morgan fingerprint density at radius 1 is 1.18 bits per heavy atom. The molecule has 0 unspecified atom stereocenters. The maximum Gasteiger partial charge on any atom is 0.253 e. The average Bonchev–Trinajstić information content (AvgIpc) is 3.03. The van der Waals surface area contributed by atoms with Crippen molar-refractivity contribution in [3.8, 4) is 0 Å². The zero-order chi connectivity index (χ0) is 15.9. The van der Waals surface area contributed by atoms with Gasteiger partial charge in [0.05, 0.1) is 6.67 Å². The van der Waals surface area contributed by atoms with Gasteiger partial charge >= 0.3 is 0 Å². The molecule has 3 fully saturated rings. The van der Waals surface area contributed by atoms with Gasteiger partial charge < -0.3 is 19.4 Å². The zero-order valence-electron chi connectivity index (χ0n) is 13.2. The normalized spacial score (nSPS) is 28.4. The zero-order valence-corrected chi connectivity index (χ0v) is 13.2. The summed E-state index contributed by atoms with van der Waals surface area (Å²) in [4.78, 5) is 41.1. The van der Waals surface area contributed by atoms with Gasteiger partial charge in [-0.1, -0.05) is 0 Å². The molecule has 0 radical (unpaired) electrons. The Morgan fingerprint density at radius 3 is 2.50 bits per heavy atom. The number of likely N-dealkylation sites (N-methyl/N-ethyl adjacent to an activating group) is 1. The summed E-state index contributed by atoms with van der Waals surface area (Å²) < 4.78 is 5.61. The average molecular weight is 309 g/mol. The van der Waals surface area contributed by atoms with Crippen LogP contribution in [0.2, 0.25) is 0 Å². The molecule has 0 aromatic carbocycles. The maximum atomic E-state index is 12.5. The van der Waals surface area contributed by atoms with Crippen LogP contribution in [0.1, 0.15) is 25.7 Å². The van der Waals surface area contributed by atoms with Gasteiger partial charge in [-0.2, -0.15) is 0 Å². The lowest BCUT2D eigenvalue weighted by Gasteiger charge is -2.21. The van der Waals surface area contributed by atoms with Crippen LogP contribution >= 0.6 is 0 Å². The largest absolute Gasteiger partial charge is 0.355 e. The molecule has 3 aliphatic rings. The lowest BCUT2D eigenvalue weighted by Crippen LogP contribution is -2.40. The third kappa shape index (κ3) is 3.09. The Labute approximate surface area is 130 Å². The highest BCUT2D eigenvalue weighted by molar-refractivity contribution is 5.90. The summed E-state index contributed by atoms with van der Waals surface area (Å²) in [7, 11) is 3.35. The molecule has 2 saturated heterocycles. The van der Waals surface area contributed by atoms with Crippen molar-refractivity contribution < 1.29 is 19.1 Å². The van der Waals surface area contributed by atoms with Gasteiger partial charge in [0.15, 0.2) is 0 Å². The Hall–Kier alpha value is -1.63. The summed E-state index contributed by atoms with van der Waals surface area (Å²) in [6.45, 7) is 1.26. The quantitative estimate of drug-likeness (QED) is 0.712. The molecule has 7 heteroatoms. The van der Waals surface area contributed by atoms with E-state index in [4.69, 9.17) is 4.74 Å². The van der Waals surface area contributed by atoms with E-state index in [2.05, 4.69) is 0 Å². The summed E-state index contributed by atoms with van der Waals surface area (Å²) >= 11 is 0. The van der Waals surface area contributed by atoms with Crippen molar-refractivity contribution in [2.24, 2.45) is 5.92 Å². The molecule has 0 bridgehead atoms. The van der Waals surface area contributed by atoms with E-state index in [1.165, 1.54) is 17.7 Å². The number of hydrogen-bond acceptors (Lipinski definition) is 4. The first-order valence-electron chi connectivity index (χ1n) is 7.89. The molecule has 2 atom stereocenters. The Balaban J connectivity index is 1.54. The van der Waals surface area contributed by atoms with Crippen LogP contribution in [-0.2, 0) is 19.1 Å². The third-order valence-electron chi connectivity index (χ3n) is 4.52. The predicted molar refractivity (Wildman–Crippen MR) is 77.6 cm³/mol. The van der Waals surface area contributed by atoms with Crippen LogP contribution in [-0.4, -0.2) is 78.5 Å². The summed E-state index contributed by atoms with van der Waals surface area (Å²) in [5.74, 6) is 0.354. The SMILES string of the molecule is CN(C)C(=O)[C@H]1CC[C@@H](C(=O)N2CC(=O)N(CC3CC3)C2)O1. The monoisotopic (exact) mass is 309 g/mol. The number of carbonyl (C=O) groups is 3. The number of ether oxygens (including phenoxy) is 1. The van der Waals surface area contributed by atoms with Gasteiger partial charge in [0.2, 0.25) is 5.91 Å². The smallest absolute Gasteiger partial charge is 0.253 e. The first kappa shape index (κ1) is 15.3. The molecule has 122 valence electrons. The summed E-state index contributed by atoms with van der Waals surface area (Å²) in [6.07, 6.45) is 2.32. The number of hydrogen-bond donors (Lipinski definition) is 0.